The molecule has 0 spiro atoms. The molecule has 0 saturated carbocycles. The van der Waals surface area contributed by atoms with Crippen LogP contribution in [0.4, 0.5) is 0 Å². The topological polar surface area (TPSA) is 15.6 Å². The average molecular weight is 110 g/mol. The van der Waals surface area contributed by atoms with Crippen LogP contribution >= 0.6 is 0 Å². The first-order valence-corrected chi connectivity index (χ1v) is 2.37. The van der Waals surface area contributed by atoms with Crippen LogP contribution in [0.5, 0.6) is 0 Å². The molecule has 2 nitrogen and oxygen atoms in total. The first-order valence-electron chi connectivity index (χ1n) is 2.37. The molecule has 2 heteroatoms. The molecule has 0 aliphatic carbocycles. The lowest BCUT2D eigenvalue weighted by Crippen LogP contribution is -2.15. The zero-order chi connectivity index (χ0) is 6.41. The summed E-state index contributed by atoms with van der Waals surface area (Å²) >= 11 is 0. The maximum absolute atomic E-state index is 5.01. The predicted octanol–water partition coefficient (Wildman–Crippen LogP) is 0.210. The fraction of sp³-hybridized carbons (Fsp3) is 0.500. The van der Waals surface area contributed by atoms with E-state index < -0.39 is 0 Å². The van der Waals surface area contributed by atoms with Crippen LogP contribution in [0.2, 0.25) is 0 Å². The standard InChI is InChI=1S/C6H10N2/c1-4-5-8(3)6-7-2/h1,6H,5H2,2-3H3. The number of rotatable bonds is 2. The normalized spacial score (nSPS) is 9.12. The Labute approximate surface area is 50.2 Å². The van der Waals surface area contributed by atoms with E-state index in [1.807, 2.05) is 11.9 Å². The highest BCUT2D eigenvalue weighted by Gasteiger charge is 1.81. The van der Waals surface area contributed by atoms with Crippen molar-refractivity contribution in [2.45, 2.75) is 0 Å². The van der Waals surface area contributed by atoms with Gasteiger partial charge < -0.3 is 4.90 Å². The first kappa shape index (κ1) is 7.03. The van der Waals surface area contributed by atoms with Gasteiger partial charge in [0.05, 0.1) is 12.9 Å². The van der Waals surface area contributed by atoms with E-state index in [-0.39, 0.29) is 0 Å². The van der Waals surface area contributed by atoms with Gasteiger partial charge in [0.25, 0.3) is 0 Å². The maximum atomic E-state index is 5.01. The Morgan fingerprint density at radius 1 is 1.88 bits per heavy atom. The molecule has 0 aromatic rings. The highest BCUT2D eigenvalue weighted by Crippen LogP contribution is 1.70. The molecule has 0 aromatic carbocycles. The Kier molecular flexibility index (Phi) is 3.69. The second-order valence-electron chi connectivity index (χ2n) is 1.49. The van der Waals surface area contributed by atoms with Gasteiger partial charge in [-0.2, -0.15) is 0 Å². The van der Waals surface area contributed by atoms with Crippen molar-refractivity contribution in [2.75, 3.05) is 20.6 Å². The molecule has 0 aliphatic heterocycles. The van der Waals surface area contributed by atoms with Crippen LogP contribution < -0.4 is 0 Å². The fourth-order valence-corrected chi connectivity index (χ4v) is 0.382. The van der Waals surface area contributed by atoms with Crippen molar-refractivity contribution >= 4 is 6.34 Å². The van der Waals surface area contributed by atoms with Gasteiger partial charge in [0.2, 0.25) is 0 Å². The van der Waals surface area contributed by atoms with E-state index in [0.717, 1.165) is 0 Å². The summed E-state index contributed by atoms with van der Waals surface area (Å²) in [5.41, 5.74) is 0. The smallest absolute Gasteiger partial charge is 0.0851 e. The minimum Gasteiger partial charge on any atom is -0.355 e. The van der Waals surface area contributed by atoms with Crippen LogP contribution in [0.3, 0.4) is 0 Å². The largest absolute Gasteiger partial charge is 0.355 e. The Bertz CT molecular complexity index is 110. The third-order valence-corrected chi connectivity index (χ3v) is 0.653. The third kappa shape index (κ3) is 3.23. The summed E-state index contributed by atoms with van der Waals surface area (Å²) in [5, 5.41) is 0. The Hall–Kier alpha value is -0.970. The van der Waals surface area contributed by atoms with Crippen LogP contribution in [0.15, 0.2) is 4.99 Å². The highest BCUT2D eigenvalue weighted by atomic mass is 15.1. The van der Waals surface area contributed by atoms with Crippen molar-refractivity contribution < 1.29 is 0 Å². The number of nitrogens with zero attached hydrogens (tertiary/aromatic N) is 2. The fourth-order valence-electron chi connectivity index (χ4n) is 0.382. The molecule has 0 bridgehead atoms. The average Bonchev–Trinajstić information content (AvgIpc) is 1.68. The van der Waals surface area contributed by atoms with Crippen LogP contribution in [0.25, 0.3) is 0 Å². The van der Waals surface area contributed by atoms with E-state index in [1.165, 1.54) is 0 Å². The SMILES string of the molecule is C#CCN(C)C=NC. The molecule has 44 valence electrons. The Morgan fingerprint density at radius 2 is 2.50 bits per heavy atom. The second-order valence-corrected chi connectivity index (χ2v) is 1.49. The van der Waals surface area contributed by atoms with E-state index in [1.54, 1.807) is 13.4 Å². The summed E-state index contributed by atoms with van der Waals surface area (Å²) in [7, 11) is 3.60. The first-order chi connectivity index (χ1) is 3.81. The lowest BCUT2D eigenvalue weighted by molar-refractivity contribution is 0.590. The van der Waals surface area contributed by atoms with Crippen molar-refractivity contribution in [1.82, 2.24) is 4.90 Å². The van der Waals surface area contributed by atoms with Crippen LogP contribution in [0, 0.1) is 12.3 Å². The molecule has 0 fully saturated rings. The number of hydrogen-bond acceptors (Lipinski definition) is 1. The molecule has 0 rings (SSSR count). The molecular weight excluding hydrogens is 100 g/mol. The molecule has 8 heavy (non-hydrogen) atoms. The van der Waals surface area contributed by atoms with Gasteiger partial charge in [-0.15, -0.1) is 6.42 Å². The van der Waals surface area contributed by atoms with Gasteiger partial charge in [0.15, 0.2) is 0 Å². The van der Waals surface area contributed by atoms with Gasteiger partial charge in [0, 0.05) is 14.1 Å². The van der Waals surface area contributed by atoms with E-state index >= 15 is 0 Å². The van der Waals surface area contributed by atoms with E-state index in [2.05, 4.69) is 10.9 Å². The summed E-state index contributed by atoms with van der Waals surface area (Å²) in [5.74, 6) is 2.49. The molecule has 0 unspecified atom stereocenters. The third-order valence-electron chi connectivity index (χ3n) is 0.653. The molecule has 0 aromatic heterocycles. The molecule has 0 aliphatic rings. The molecule has 0 atom stereocenters. The monoisotopic (exact) mass is 110 g/mol. The number of hydrogen-bond donors (Lipinski definition) is 0. The van der Waals surface area contributed by atoms with Gasteiger partial charge >= 0.3 is 0 Å². The zero-order valence-corrected chi connectivity index (χ0v) is 5.26. The zero-order valence-electron chi connectivity index (χ0n) is 5.26. The Morgan fingerprint density at radius 3 is 2.88 bits per heavy atom. The van der Waals surface area contributed by atoms with Crippen molar-refractivity contribution in [1.29, 1.82) is 0 Å². The molecule has 0 heterocycles. The molecule has 0 amide bonds. The van der Waals surface area contributed by atoms with Crippen molar-refractivity contribution in [3.63, 3.8) is 0 Å². The lowest BCUT2D eigenvalue weighted by atomic mass is 10.6. The van der Waals surface area contributed by atoms with Gasteiger partial charge in [-0.25, -0.2) is 0 Å². The molecule has 0 saturated heterocycles. The van der Waals surface area contributed by atoms with E-state index in [0.29, 0.717) is 6.54 Å². The van der Waals surface area contributed by atoms with Gasteiger partial charge in [0.1, 0.15) is 0 Å². The second kappa shape index (κ2) is 4.20. The molecular formula is C6H10N2. The summed E-state index contributed by atoms with van der Waals surface area (Å²) in [6.07, 6.45) is 6.70. The van der Waals surface area contributed by atoms with Crippen molar-refractivity contribution in [3.8, 4) is 12.3 Å². The van der Waals surface area contributed by atoms with Gasteiger partial charge in [-0.1, -0.05) is 5.92 Å². The van der Waals surface area contributed by atoms with E-state index in [9.17, 15) is 0 Å². The molecule has 0 N–H and O–H groups in total. The van der Waals surface area contributed by atoms with Crippen LogP contribution in [-0.4, -0.2) is 31.9 Å². The van der Waals surface area contributed by atoms with Crippen LogP contribution in [-0.2, 0) is 0 Å². The molecule has 0 radical (unpaired) electrons. The van der Waals surface area contributed by atoms with Crippen LogP contribution in [0.1, 0.15) is 0 Å². The number of aliphatic imine (C=N–C) groups is 1. The summed E-state index contributed by atoms with van der Waals surface area (Å²) in [6, 6.07) is 0. The summed E-state index contributed by atoms with van der Waals surface area (Å²) < 4.78 is 0. The quantitative estimate of drug-likeness (QED) is 0.282. The summed E-state index contributed by atoms with van der Waals surface area (Å²) in [4.78, 5) is 5.59. The van der Waals surface area contributed by atoms with Gasteiger partial charge in [-0.05, 0) is 0 Å². The Balaban J connectivity index is 3.36. The maximum Gasteiger partial charge on any atom is 0.0851 e. The minimum absolute atomic E-state index is 0.622. The number of terminal acetylenes is 1. The summed E-state index contributed by atoms with van der Waals surface area (Å²) in [6.45, 7) is 0.622. The van der Waals surface area contributed by atoms with E-state index in [4.69, 9.17) is 6.42 Å². The lowest BCUT2D eigenvalue weighted by Gasteiger charge is -2.05. The highest BCUT2D eigenvalue weighted by molar-refractivity contribution is 5.54. The van der Waals surface area contributed by atoms with Gasteiger partial charge in [-0.3, -0.25) is 4.99 Å². The van der Waals surface area contributed by atoms with Crippen molar-refractivity contribution in [2.24, 2.45) is 4.99 Å². The minimum atomic E-state index is 0.622. The van der Waals surface area contributed by atoms with Crippen molar-refractivity contribution in [3.05, 3.63) is 0 Å². The predicted molar refractivity (Wildman–Crippen MR) is 35.9 cm³/mol.